The summed E-state index contributed by atoms with van der Waals surface area (Å²) in [4.78, 5) is 31.7. The lowest BCUT2D eigenvalue weighted by molar-refractivity contribution is -0.384. The number of ketones is 2. The summed E-state index contributed by atoms with van der Waals surface area (Å²) >= 11 is 0. The molecule has 17 heavy (non-hydrogen) atoms. The van der Waals surface area contributed by atoms with E-state index in [1.807, 2.05) is 0 Å². The average molecular weight is 243 g/mol. The van der Waals surface area contributed by atoms with Crippen molar-refractivity contribution < 1.29 is 23.3 Å². The topological polar surface area (TPSA) is 77.3 Å². The van der Waals surface area contributed by atoms with E-state index in [0.717, 1.165) is 12.1 Å². The minimum Gasteiger partial charge on any atom is -0.294 e. The van der Waals surface area contributed by atoms with Crippen LogP contribution in [0.1, 0.15) is 16.8 Å². The molecule has 0 saturated heterocycles. The Morgan fingerprint density at radius 3 is 2.53 bits per heavy atom. The van der Waals surface area contributed by atoms with Gasteiger partial charge in [-0.1, -0.05) is 12.1 Å². The number of hydrogen-bond donors (Lipinski definition) is 0. The monoisotopic (exact) mass is 243 g/mol. The highest BCUT2D eigenvalue weighted by atomic mass is 19.3. The Morgan fingerprint density at radius 1 is 1.35 bits per heavy atom. The van der Waals surface area contributed by atoms with Crippen LogP contribution in [0.2, 0.25) is 0 Å². The summed E-state index contributed by atoms with van der Waals surface area (Å²) in [5, 5.41) is 10.4. The predicted octanol–water partition coefficient (Wildman–Crippen LogP) is 2.00. The van der Waals surface area contributed by atoms with Gasteiger partial charge in [0.2, 0.25) is 5.78 Å². The van der Waals surface area contributed by atoms with Crippen LogP contribution in [-0.4, -0.2) is 22.9 Å². The molecule has 0 aromatic heterocycles. The van der Waals surface area contributed by atoms with E-state index in [1.54, 1.807) is 0 Å². The molecule has 0 saturated carbocycles. The van der Waals surface area contributed by atoms with Crippen molar-refractivity contribution in [1.82, 2.24) is 0 Å². The molecule has 1 aromatic carbocycles. The molecule has 0 unspecified atom stereocenters. The number of nitrogens with zero attached hydrogens (tertiary/aromatic N) is 1. The van der Waals surface area contributed by atoms with Crippen molar-refractivity contribution in [2.24, 2.45) is 0 Å². The summed E-state index contributed by atoms with van der Waals surface area (Å²) in [6.07, 6.45) is -4.17. The molecule has 7 heteroatoms. The van der Waals surface area contributed by atoms with Gasteiger partial charge < -0.3 is 0 Å². The van der Waals surface area contributed by atoms with Gasteiger partial charge in [0.25, 0.3) is 12.1 Å². The molecule has 0 N–H and O–H groups in total. The summed E-state index contributed by atoms with van der Waals surface area (Å²) in [6.45, 7) is 0. The third-order valence-corrected chi connectivity index (χ3v) is 1.96. The molecule has 0 aliphatic carbocycles. The maximum atomic E-state index is 11.9. The molecule has 0 fully saturated rings. The molecule has 0 aliphatic rings. The lowest BCUT2D eigenvalue weighted by Crippen LogP contribution is -2.15. The second-order valence-corrected chi connectivity index (χ2v) is 3.17. The highest BCUT2D eigenvalue weighted by Gasteiger charge is 2.21. The van der Waals surface area contributed by atoms with Gasteiger partial charge in [-0.05, 0) is 0 Å². The number of alkyl halides is 2. The molecule has 1 rings (SSSR count). The number of carbonyl (C=O) groups excluding carboxylic acids is 2. The number of nitro groups is 1. The first kappa shape index (κ1) is 12.9. The molecular weight excluding hydrogens is 236 g/mol. The lowest BCUT2D eigenvalue weighted by Gasteiger charge is -2.00. The Kier molecular flexibility index (Phi) is 3.97. The highest BCUT2D eigenvalue weighted by Crippen LogP contribution is 2.15. The number of Topliss-reactive ketones (excluding diaryl/α,β-unsaturated/α-hetero) is 2. The second kappa shape index (κ2) is 5.24. The standard InChI is InChI=1S/C10H7F2NO4/c11-10(12)9(15)5-8(14)6-2-1-3-7(4-6)13(16)17/h1-4,10H,5H2. The van der Waals surface area contributed by atoms with Crippen LogP contribution in [0.25, 0.3) is 0 Å². The zero-order valence-electron chi connectivity index (χ0n) is 8.43. The first-order valence-corrected chi connectivity index (χ1v) is 4.50. The van der Waals surface area contributed by atoms with E-state index in [2.05, 4.69) is 0 Å². The van der Waals surface area contributed by atoms with Crippen molar-refractivity contribution in [2.45, 2.75) is 12.8 Å². The number of non-ortho nitro benzene ring substituents is 1. The van der Waals surface area contributed by atoms with Gasteiger partial charge in [-0.25, -0.2) is 8.78 Å². The minimum atomic E-state index is -3.21. The van der Waals surface area contributed by atoms with E-state index < -0.39 is 29.3 Å². The number of carbonyl (C=O) groups is 2. The quantitative estimate of drug-likeness (QED) is 0.343. The van der Waals surface area contributed by atoms with Gasteiger partial charge in [-0.2, -0.15) is 0 Å². The SMILES string of the molecule is O=C(CC(=O)C(F)F)c1cccc([N+](=O)[O-])c1. The summed E-state index contributed by atoms with van der Waals surface area (Å²) in [5.74, 6) is -2.36. The lowest BCUT2D eigenvalue weighted by atomic mass is 10.1. The fourth-order valence-corrected chi connectivity index (χ4v) is 1.13. The largest absolute Gasteiger partial charge is 0.296 e. The van der Waals surface area contributed by atoms with Crippen molar-refractivity contribution >= 4 is 17.3 Å². The Morgan fingerprint density at radius 2 is 2.00 bits per heavy atom. The van der Waals surface area contributed by atoms with Gasteiger partial charge in [0.15, 0.2) is 5.78 Å². The van der Waals surface area contributed by atoms with Crippen LogP contribution in [0.15, 0.2) is 24.3 Å². The molecule has 0 spiro atoms. The molecule has 90 valence electrons. The molecule has 0 heterocycles. The van der Waals surface area contributed by atoms with Gasteiger partial charge in [0.1, 0.15) is 0 Å². The third kappa shape index (κ3) is 3.40. The zero-order chi connectivity index (χ0) is 13.0. The van der Waals surface area contributed by atoms with Crippen molar-refractivity contribution in [3.63, 3.8) is 0 Å². The van der Waals surface area contributed by atoms with Gasteiger partial charge in [-0.3, -0.25) is 19.7 Å². The second-order valence-electron chi connectivity index (χ2n) is 3.17. The van der Waals surface area contributed by atoms with Crippen LogP contribution < -0.4 is 0 Å². The maximum Gasteiger partial charge on any atom is 0.296 e. The smallest absolute Gasteiger partial charge is 0.294 e. The molecule has 0 atom stereocenters. The fourth-order valence-electron chi connectivity index (χ4n) is 1.13. The Balaban J connectivity index is 2.86. The third-order valence-electron chi connectivity index (χ3n) is 1.96. The first-order valence-electron chi connectivity index (χ1n) is 4.50. The van der Waals surface area contributed by atoms with Gasteiger partial charge in [0, 0.05) is 17.7 Å². The van der Waals surface area contributed by atoms with Crippen molar-refractivity contribution in [1.29, 1.82) is 0 Å². The van der Waals surface area contributed by atoms with Crippen LogP contribution >= 0.6 is 0 Å². The normalized spacial score (nSPS) is 10.3. The van der Waals surface area contributed by atoms with Gasteiger partial charge in [0.05, 0.1) is 11.3 Å². The number of halogens is 2. The number of rotatable bonds is 5. The van der Waals surface area contributed by atoms with Crippen LogP contribution in [0, 0.1) is 10.1 Å². The Bertz CT molecular complexity index is 473. The number of hydrogen-bond acceptors (Lipinski definition) is 4. The molecule has 1 aromatic rings. The molecule has 0 bridgehead atoms. The first-order chi connectivity index (χ1) is 7.91. The van der Waals surface area contributed by atoms with Crippen molar-refractivity contribution in [3.05, 3.63) is 39.9 Å². The van der Waals surface area contributed by atoms with Crippen LogP contribution in [0.3, 0.4) is 0 Å². The highest BCUT2D eigenvalue weighted by molar-refractivity contribution is 6.09. The average Bonchev–Trinajstić information content (AvgIpc) is 2.28. The van der Waals surface area contributed by atoms with Crippen LogP contribution in [-0.2, 0) is 4.79 Å². The van der Waals surface area contributed by atoms with E-state index in [9.17, 15) is 28.5 Å². The predicted molar refractivity (Wildman–Crippen MR) is 53.1 cm³/mol. The Labute approximate surface area is 94.2 Å². The summed E-state index contributed by atoms with van der Waals surface area (Å²) in [7, 11) is 0. The van der Waals surface area contributed by atoms with E-state index in [1.165, 1.54) is 12.1 Å². The van der Waals surface area contributed by atoms with Crippen LogP contribution in [0.5, 0.6) is 0 Å². The number of nitro benzene ring substituents is 1. The molecule has 0 radical (unpaired) electrons. The van der Waals surface area contributed by atoms with E-state index in [4.69, 9.17) is 0 Å². The maximum absolute atomic E-state index is 11.9. The van der Waals surface area contributed by atoms with Gasteiger partial charge >= 0.3 is 0 Å². The fraction of sp³-hybridized carbons (Fsp3) is 0.200. The van der Waals surface area contributed by atoms with Crippen molar-refractivity contribution in [2.75, 3.05) is 0 Å². The van der Waals surface area contributed by atoms with E-state index >= 15 is 0 Å². The molecular formula is C10H7F2NO4. The summed E-state index contributed by atoms with van der Waals surface area (Å²) < 4.78 is 23.8. The van der Waals surface area contributed by atoms with E-state index in [0.29, 0.717) is 0 Å². The Hall–Kier alpha value is -2.18. The number of benzene rings is 1. The summed E-state index contributed by atoms with van der Waals surface area (Å²) in [6, 6.07) is 4.58. The summed E-state index contributed by atoms with van der Waals surface area (Å²) in [5.41, 5.74) is -0.464. The molecule has 5 nitrogen and oxygen atoms in total. The van der Waals surface area contributed by atoms with E-state index in [-0.39, 0.29) is 11.3 Å². The van der Waals surface area contributed by atoms with Crippen molar-refractivity contribution in [3.8, 4) is 0 Å². The zero-order valence-corrected chi connectivity index (χ0v) is 8.43. The molecule has 0 amide bonds. The molecule has 0 aliphatic heterocycles. The van der Waals surface area contributed by atoms with Crippen LogP contribution in [0.4, 0.5) is 14.5 Å². The minimum absolute atomic E-state index is 0.131. The van der Waals surface area contributed by atoms with Gasteiger partial charge in [-0.15, -0.1) is 0 Å².